The van der Waals surface area contributed by atoms with Gasteiger partial charge in [-0.2, -0.15) is 0 Å². The van der Waals surface area contributed by atoms with Gasteiger partial charge in [-0.1, -0.05) is 24.3 Å². The zero-order chi connectivity index (χ0) is 18.6. The van der Waals surface area contributed by atoms with E-state index in [9.17, 15) is 18.0 Å². The number of halogens is 3. The van der Waals surface area contributed by atoms with Crippen LogP contribution in [0.25, 0.3) is 11.0 Å². The minimum Gasteiger partial charge on any atom is -0.404 e. The number of aromatic amines is 1. The molecule has 136 valence electrons. The Labute approximate surface area is 146 Å². The van der Waals surface area contributed by atoms with Crippen molar-refractivity contribution in [3.8, 4) is 5.75 Å². The Balaban J connectivity index is 1.54. The first-order valence-corrected chi connectivity index (χ1v) is 7.74. The smallest absolute Gasteiger partial charge is 0.404 e. The number of nitrogens with zero attached hydrogens (tertiary/aromatic N) is 1. The molecule has 0 fully saturated rings. The van der Waals surface area contributed by atoms with E-state index in [2.05, 4.69) is 25.3 Å². The van der Waals surface area contributed by atoms with Crippen LogP contribution >= 0.6 is 0 Å². The summed E-state index contributed by atoms with van der Waals surface area (Å²) in [5, 5.41) is 4.91. The lowest BCUT2D eigenvalue weighted by atomic mass is 10.3. The number of ether oxygens (including phenoxy) is 1. The van der Waals surface area contributed by atoms with Crippen LogP contribution in [-0.4, -0.2) is 28.9 Å². The van der Waals surface area contributed by atoms with Crippen molar-refractivity contribution in [2.24, 2.45) is 0 Å². The third-order valence-corrected chi connectivity index (χ3v) is 3.45. The molecule has 2 amide bonds. The number of urea groups is 1. The molecule has 1 heterocycles. The van der Waals surface area contributed by atoms with Gasteiger partial charge in [0.25, 0.3) is 0 Å². The molecule has 0 aliphatic rings. The highest BCUT2D eigenvalue weighted by molar-refractivity contribution is 5.90. The number of para-hydroxylation sites is 4. The summed E-state index contributed by atoms with van der Waals surface area (Å²) >= 11 is 0. The molecule has 3 N–H and O–H groups in total. The monoisotopic (exact) mass is 364 g/mol. The number of hydrogen-bond acceptors (Lipinski definition) is 3. The number of imidazole rings is 1. The SMILES string of the molecule is O=C(NCCc1nc2ccccc2[nH]1)Nc1ccccc1OC(F)(F)F. The third kappa shape index (κ3) is 4.65. The molecule has 2 aromatic carbocycles. The minimum atomic E-state index is -4.84. The summed E-state index contributed by atoms with van der Waals surface area (Å²) in [7, 11) is 0. The number of hydrogen-bond donors (Lipinski definition) is 3. The maximum atomic E-state index is 12.4. The van der Waals surface area contributed by atoms with Crippen molar-refractivity contribution < 1.29 is 22.7 Å². The van der Waals surface area contributed by atoms with E-state index in [-0.39, 0.29) is 12.2 Å². The van der Waals surface area contributed by atoms with Gasteiger partial charge in [0.1, 0.15) is 5.82 Å². The predicted octanol–water partition coefficient (Wildman–Crippen LogP) is 3.83. The number of aromatic nitrogens is 2. The molecule has 0 saturated carbocycles. The molecule has 0 spiro atoms. The molecule has 3 aromatic rings. The van der Waals surface area contributed by atoms with Gasteiger partial charge in [0.15, 0.2) is 5.75 Å². The van der Waals surface area contributed by atoms with E-state index in [4.69, 9.17) is 0 Å². The minimum absolute atomic E-state index is 0.0777. The number of nitrogens with one attached hydrogen (secondary N) is 3. The number of amides is 2. The van der Waals surface area contributed by atoms with Crippen LogP contribution < -0.4 is 15.4 Å². The van der Waals surface area contributed by atoms with E-state index in [0.717, 1.165) is 17.1 Å². The van der Waals surface area contributed by atoms with E-state index >= 15 is 0 Å². The van der Waals surface area contributed by atoms with Crippen molar-refractivity contribution in [3.63, 3.8) is 0 Å². The fourth-order valence-electron chi connectivity index (χ4n) is 2.37. The molecule has 0 unspecified atom stereocenters. The Morgan fingerprint density at radius 3 is 2.62 bits per heavy atom. The molecule has 0 atom stereocenters. The Hall–Kier alpha value is -3.23. The highest BCUT2D eigenvalue weighted by Crippen LogP contribution is 2.29. The van der Waals surface area contributed by atoms with E-state index in [1.165, 1.54) is 18.2 Å². The average Bonchev–Trinajstić information content (AvgIpc) is 2.98. The van der Waals surface area contributed by atoms with Gasteiger partial charge in [-0.3, -0.25) is 0 Å². The van der Waals surface area contributed by atoms with E-state index in [0.29, 0.717) is 12.2 Å². The summed E-state index contributed by atoms with van der Waals surface area (Å²) in [6.07, 6.45) is -4.39. The average molecular weight is 364 g/mol. The summed E-state index contributed by atoms with van der Waals surface area (Å²) < 4.78 is 41.0. The lowest BCUT2D eigenvalue weighted by molar-refractivity contribution is -0.274. The molecule has 3 rings (SSSR count). The quantitative estimate of drug-likeness (QED) is 0.644. The molecule has 0 bridgehead atoms. The van der Waals surface area contributed by atoms with Crippen LogP contribution in [0.15, 0.2) is 48.5 Å². The van der Waals surface area contributed by atoms with Gasteiger partial charge in [-0.25, -0.2) is 9.78 Å². The van der Waals surface area contributed by atoms with Crippen molar-refractivity contribution in [3.05, 3.63) is 54.4 Å². The van der Waals surface area contributed by atoms with Crippen molar-refractivity contribution in [2.45, 2.75) is 12.8 Å². The number of fused-ring (bicyclic) bond motifs is 1. The maximum Gasteiger partial charge on any atom is 0.573 e. The zero-order valence-electron chi connectivity index (χ0n) is 13.4. The molecule has 0 aliphatic carbocycles. The van der Waals surface area contributed by atoms with Crippen LogP contribution in [0.3, 0.4) is 0 Å². The van der Waals surface area contributed by atoms with Crippen LogP contribution in [-0.2, 0) is 6.42 Å². The number of alkyl halides is 3. The van der Waals surface area contributed by atoms with Gasteiger partial charge in [-0.05, 0) is 24.3 Å². The number of carbonyl (C=O) groups excluding carboxylic acids is 1. The van der Waals surface area contributed by atoms with Gasteiger partial charge in [0, 0.05) is 13.0 Å². The molecule has 26 heavy (non-hydrogen) atoms. The fraction of sp³-hybridized carbons (Fsp3) is 0.176. The van der Waals surface area contributed by atoms with Gasteiger partial charge < -0.3 is 20.4 Å². The van der Waals surface area contributed by atoms with Crippen molar-refractivity contribution in [1.82, 2.24) is 15.3 Å². The topological polar surface area (TPSA) is 79.0 Å². The summed E-state index contributed by atoms with van der Waals surface area (Å²) in [5.74, 6) is 0.222. The van der Waals surface area contributed by atoms with Gasteiger partial charge in [0.2, 0.25) is 0 Å². The molecule has 1 aromatic heterocycles. The molecule has 0 radical (unpaired) electrons. The lowest BCUT2D eigenvalue weighted by Gasteiger charge is -2.14. The molecule has 0 saturated heterocycles. The molecular formula is C17H15F3N4O2. The number of H-pyrrole nitrogens is 1. The van der Waals surface area contributed by atoms with Crippen LogP contribution in [0, 0.1) is 0 Å². The Kier molecular flexibility index (Phi) is 4.97. The normalized spacial score (nSPS) is 11.3. The summed E-state index contributed by atoms with van der Waals surface area (Å²) in [6.45, 7) is 0.258. The molecular weight excluding hydrogens is 349 g/mol. The van der Waals surface area contributed by atoms with Gasteiger partial charge in [-0.15, -0.1) is 13.2 Å². The molecule has 6 nitrogen and oxygen atoms in total. The van der Waals surface area contributed by atoms with E-state index in [1.807, 2.05) is 24.3 Å². The highest BCUT2D eigenvalue weighted by Gasteiger charge is 2.32. The number of benzene rings is 2. The van der Waals surface area contributed by atoms with Crippen molar-refractivity contribution >= 4 is 22.8 Å². The van der Waals surface area contributed by atoms with Gasteiger partial charge >= 0.3 is 12.4 Å². The van der Waals surface area contributed by atoms with Crippen molar-refractivity contribution in [2.75, 3.05) is 11.9 Å². The fourth-order valence-corrected chi connectivity index (χ4v) is 2.37. The number of carbonyl (C=O) groups is 1. The second kappa shape index (κ2) is 7.34. The van der Waals surface area contributed by atoms with Gasteiger partial charge in [0.05, 0.1) is 16.7 Å². The second-order valence-corrected chi connectivity index (χ2v) is 5.38. The Bertz CT molecular complexity index is 875. The summed E-state index contributed by atoms with van der Waals surface area (Å²) in [6, 6.07) is 12.2. The van der Waals surface area contributed by atoms with Crippen LogP contribution in [0.1, 0.15) is 5.82 Å². The van der Waals surface area contributed by atoms with Crippen LogP contribution in [0.4, 0.5) is 23.7 Å². The zero-order valence-corrected chi connectivity index (χ0v) is 13.4. The second-order valence-electron chi connectivity index (χ2n) is 5.38. The first kappa shape index (κ1) is 17.6. The summed E-state index contributed by atoms with van der Waals surface area (Å²) in [4.78, 5) is 19.4. The highest BCUT2D eigenvalue weighted by atomic mass is 19.4. The standard InChI is InChI=1S/C17H15F3N4O2/c18-17(19,20)26-14-8-4-3-7-13(14)24-16(25)21-10-9-15-22-11-5-1-2-6-12(11)23-15/h1-8H,9-10H2,(H,22,23)(H2,21,24,25). The Morgan fingerprint density at radius 1 is 1.12 bits per heavy atom. The van der Waals surface area contributed by atoms with Crippen LogP contribution in [0.2, 0.25) is 0 Å². The largest absolute Gasteiger partial charge is 0.573 e. The third-order valence-electron chi connectivity index (χ3n) is 3.45. The maximum absolute atomic E-state index is 12.4. The Morgan fingerprint density at radius 2 is 1.85 bits per heavy atom. The van der Waals surface area contributed by atoms with E-state index in [1.54, 1.807) is 0 Å². The lowest BCUT2D eigenvalue weighted by Crippen LogP contribution is -2.31. The van der Waals surface area contributed by atoms with Crippen LogP contribution in [0.5, 0.6) is 5.75 Å². The number of rotatable bonds is 5. The predicted molar refractivity (Wildman–Crippen MR) is 89.9 cm³/mol. The molecule has 9 heteroatoms. The number of anilines is 1. The molecule has 0 aliphatic heterocycles. The first-order chi connectivity index (χ1) is 12.4. The first-order valence-electron chi connectivity index (χ1n) is 7.74. The van der Waals surface area contributed by atoms with E-state index < -0.39 is 18.1 Å². The van der Waals surface area contributed by atoms with Crippen molar-refractivity contribution in [1.29, 1.82) is 0 Å². The summed E-state index contributed by atoms with van der Waals surface area (Å²) in [5.41, 5.74) is 1.64.